The molecule has 0 fully saturated rings. The van der Waals surface area contributed by atoms with Gasteiger partial charge >= 0.3 is 0 Å². The van der Waals surface area contributed by atoms with Crippen LogP contribution in [0.25, 0.3) is 0 Å². The molecule has 4 nitrogen and oxygen atoms in total. The zero-order chi connectivity index (χ0) is 13.7. The van der Waals surface area contributed by atoms with Gasteiger partial charge < -0.3 is 16.0 Å². The quantitative estimate of drug-likeness (QED) is 0.854. The van der Waals surface area contributed by atoms with Crippen molar-refractivity contribution in [1.29, 1.82) is 0 Å². The lowest BCUT2D eigenvalue weighted by Gasteiger charge is -2.25. The largest absolute Gasteiger partial charge is 0.374 e. The van der Waals surface area contributed by atoms with Crippen LogP contribution in [-0.2, 0) is 11.3 Å². The first kappa shape index (κ1) is 14.8. The fourth-order valence-electron chi connectivity index (χ4n) is 1.95. The Bertz CT molecular complexity index is 423. The topological polar surface area (TPSA) is 58.4 Å². The summed E-state index contributed by atoms with van der Waals surface area (Å²) < 4.78 is 0. The fraction of sp³-hybridized carbons (Fsp3) is 0.462. The molecule has 3 N–H and O–H groups in total. The lowest BCUT2D eigenvalue weighted by Crippen LogP contribution is -2.34. The van der Waals surface area contributed by atoms with Gasteiger partial charge in [-0.25, -0.2) is 0 Å². The summed E-state index contributed by atoms with van der Waals surface area (Å²) in [5.74, 6) is -0.0669. The summed E-state index contributed by atoms with van der Waals surface area (Å²) in [4.78, 5) is 13.5. The summed E-state index contributed by atoms with van der Waals surface area (Å²) in [6.07, 6.45) is 0. The van der Waals surface area contributed by atoms with Crippen LogP contribution in [0, 0.1) is 5.92 Å². The second-order valence-corrected chi connectivity index (χ2v) is 4.74. The van der Waals surface area contributed by atoms with Crippen LogP contribution < -0.4 is 16.0 Å². The van der Waals surface area contributed by atoms with Crippen molar-refractivity contribution in [3.63, 3.8) is 0 Å². The van der Waals surface area contributed by atoms with Gasteiger partial charge in [0.15, 0.2) is 0 Å². The van der Waals surface area contributed by atoms with Crippen molar-refractivity contribution in [3.8, 4) is 0 Å². The van der Waals surface area contributed by atoms with E-state index in [4.69, 9.17) is 17.3 Å². The molecule has 0 saturated heterocycles. The second-order valence-electron chi connectivity index (χ2n) is 4.34. The molecule has 0 aromatic heterocycles. The highest BCUT2D eigenvalue weighted by Gasteiger charge is 2.16. The van der Waals surface area contributed by atoms with Crippen molar-refractivity contribution in [1.82, 2.24) is 5.32 Å². The number of nitrogens with zero attached hydrogens (tertiary/aromatic N) is 1. The molecule has 0 aliphatic rings. The van der Waals surface area contributed by atoms with Crippen LogP contribution in [0.1, 0.15) is 12.5 Å². The first-order chi connectivity index (χ1) is 8.51. The van der Waals surface area contributed by atoms with E-state index in [2.05, 4.69) is 5.32 Å². The van der Waals surface area contributed by atoms with Crippen LogP contribution in [0.2, 0.25) is 5.02 Å². The zero-order valence-corrected chi connectivity index (χ0v) is 11.8. The molecule has 1 amide bonds. The molecule has 1 unspecified atom stereocenters. The third-order valence-electron chi connectivity index (χ3n) is 2.95. The number of nitrogens with two attached hydrogens (primary N) is 1. The van der Waals surface area contributed by atoms with E-state index in [-0.39, 0.29) is 11.8 Å². The minimum absolute atomic E-state index is 0.0261. The molecule has 1 atom stereocenters. The first-order valence-electron chi connectivity index (χ1n) is 5.91. The van der Waals surface area contributed by atoms with Crippen molar-refractivity contribution in [2.45, 2.75) is 13.5 Å². The van der Waals surface area contributed by atoms with Gasteiger partial charge in [-0.05, 0) is 12.1 Å². The smallest absolute Gasteiger partial charge is 0.224 e. The van der Waals surface area contributed by atoms with Gasteiger partial charge in [-0.15, -0.1) is 0 Å². The standard InChI is InChI=1S/C13H20ClN3O/c1-9(13(18)16-2)8-17(3)12-6-4-5-11(14)10(12)7-15/h4-6,9H,7-8,15H2,1-3H3,(H,16,18). The molecular weight excluding hydrogens is 250 g/mol. The Kier molecular flexibility index (Phi) is 5.44. The van der Waals surface area contributed by atoms with Gasteiger partial charge in [0.2, 0.25) is 5.91 Å². The number of hydrogen-bond acceptors (Lipinski definition) is 3. The summed E-state index contributed by atoms with van der Waals surface area (Å²) in [5.41, 5.74) is 7.60. The van der Waals surface area contributed by atoms with Crippen LogP contribution in [0.4, 0.5) is 5.69 Å². The Hall–Kier alpha value is -1.26. The van der Waals surface area contributed by atoms with E-state index in [9.17, 15) is 4.79 Å². The molecule has 0 saturated carbocycles. The van der Waals surface area contributed by atoms with Gasteiger partial charge in [0.05, 0.1) is 5.92 Å². The average Bonchev–Trinajstić information content (AvgIpc) is 2.37. The molecule has 5 heteroatoms. The van der Waals surface area contributed by atoms with Crippen molar-refractivity contribution >= 4 is 23.2 Å². The van der Waals surface area contributed by atoms with Crippen LogP contribution in [0.15, 0.2) is 18.2 Å². The molecule has 100 valence electrons. The third kappa shape index (κ3) is 3.37. The number of halogens is 1. The summed E-state index contributed by atoms with van der Waals surface area (Å²) in [5, 5.41) is 3.31. The molecule has 0 heterocycles. The normalized spacial score (nSPS) is 12.1. The Morgan fingerprint density at radius 1 is 1.56 bits per heavy atom. The number of hydrogen-bond donors (Lipinski definition) is 2. The molecule has 0 spiro atoms. The van der Waals surface area contributed by atoms with E-state index in [0.717, 1.165) is 11.3 Å². The van der Waals surface area contributed by atoms with Gasteiger partial charge in [0.25, 0.3) is 0 Å². The second kappa shape index (κ2) is 6.61. The molecule has 0 radical (unpaired) electrons. The SMILES string of the molecule is CNC(=O)C(C)CN(C)c1cccc(Cl)c1CN. The van der Waals surface area contributed by atoms with Crippen molar-refractivity contribution in [3.05, 3.63) is 28.8 Å². The van der Waals surface area contributed by atoms with Gasteiger partial charge in [-0.1, -0.05) is 24.6 Å². The van der Waals surface area contributed by atoms with E-state index in [0.29, 0.717) is 18.1 Å². The van der Waals surface area contributed by atoms with Gasteiger partial charge in [-0.3, -0.25) is 4.79 Å². The maximum absolute atomic E-state index is 11.5. The van der Waals surface area contributed by atoms with E-state index in [1.165, 1.54) is 0 Å². The number of carbonyl (C=O) groups excluding carboxylic acids is 1. The third-order valence-corrected chi connectivity index (χ3v) is 3.31. The molecule has 1 rings (SSSR count). The van der Waals surface area contributed by atoms with E-state index in [1.54, 1.807) is 7.05 Å². The molecular formula is C13H20ClN3O. The fourth-order valence-corrected chi connectivity index (χ4v) is 2.19. The van der Waals surface area contributed by atoms with Crippen molar-refractivity contribution < 1.29 is 4.79 Å². The molecule has 0 aliphatic heterocycles. The van der Waals surface area contributed by atoms with Crippen LogP contribution >= 0.6 is 11.6 Å². The number of nitrogens with one attached hydrogen (secondary N) is 1. The molecule has 1 aromatic rings. The predicted molar refractivity (Wildman–Crippen MR) is 75.8 cm³/mol. The average molecular weight is 270 g/mol. The Morgan fingerprint density at radius 3 is 2.78 bits per heavy atom. The summed E-state index contributed by atoms with van der Waals surface area (Å²) >= 11 is 6.11. The van der Waals surface area contributed by atoms with E-state index in [1.807, 2.05) is 37.1 Å². The molecule has 1 aromatic carbocycles. The van der Waals surface area contributed by atoms with Gasteiger partial charge in [0, 0.05) is 43.5 Å². The molecule has 0 aliphatic carbocycles. The minimum Gasteiger partial charge on any atom is -0.374 e. The maximum Gasteiger partial charge on any atom is 0.224 e. The lowest BCUT2D eigenvalue weighted by molar-refractivity contribution is -0.123. The molecule has 0 bridgehead atoms. The summed E-state index contributed by atoms with van der Waals surface area (Å²) in [6, 6.07) is 5.67. The number of carbonyl (C=O) groups is 1. The number of benzene rings is 1. The Balaban J connectivity index is 2.87. The Labute approximate surface area is 113 Å². The highest BCUT2D eigenvalue weighted by atomic mass is 35.5. The van der Waals surface area contributed by atoms with Crippen LogP contribution in [0.3, 0.4) is 0 Å². The van der Waals surface area contributed by atoms with E-state index < -0.39 is 0 Å². The maximum atomic E-state index is 11.5. The Morgan fingerprint density at radius 2 is 2.22 bits per heavy atom. The predicted octanol–water partition coefficient (Wildman–Crippen LogP) is 1.62. The highest BCUT2D eigenvalue weighted by Crippen LogP contribution is 2.26. The lowest BCUT2D eigenvalue weighted by atomic mass is 10.1. The summed E-state index contributed by atoms with van der Waals surface area (Å²) in [6.45, 7) is 2.89. The number of anilines is 1. The number of rotatable bonds is 5. The molecule has 18 heavy (non-hydrogen) atoms. The van der Waals surface area contributed by atoms with Crippen molar-refractivity contribution in [2.24, 2.45) is 11.7 Å². The van der Waals surface area contributed by atoms with Crippen LogP contribution in [0.5, 0.6) is 0 Å². The van der Waals surface area contributed by atoms with Gasteiger partial charge in [-0.2, -0.15) is 0 Å². The van der Waals surface area contributed by atoms with Crippen molar-refractivity contribution in [2.75, 3.05) is 25.5 Å². The highest BCUT2D eigenvalue weighted by molar-refractivity contribution is 6.31. The zero-order valence-electron chi connectivity index (χ0n) is 11.0. The monoisotopic (exact) mass is 269 g/mol. The summed E-state index contributed by atoms with van der Waals surface area (Å²) in [7, 11) is 3.58. The van der Waals surface area contributed by atoms with Crippen LogP contribution in [-0.4, -0.2) is 26.5 Å². The van der Waals surface area contributed by atoms with Gasteiger partial charge in [0.1, 0.15) is 0 Å². The van der Waals surface area contributed by atoms with E-state index >= 15 is 0 Å². The minimum atomic E-state index is -0.0930. The first-order valence-corrected chi connectivity index (χ1v) is 6.29. The number of amides is 1.